The summed E-state index contributed by atoms with van der Waals surface area (Å²) in [6, 6.07) is 9.47. The fraction of sp³-hybridized carbons (Fsp3) is 0.471. The number of unbranched alkanes of at least 4 members (excludes halogenated alkanes) is 1. The lowest BCUT2D eigenvalue weighted by Gasteiger charge is -2.13. The van der Waals surface area contributed by atoms with E-state index in [1.165, 1.54) is 6.61 Å². The van der Waals surface area contributed by atoms with Crippen LogP contribution in [0.5, 0.6) is 0 Å². The van der Waals surface area contributed by atoms with Crippen molar-refractivity contribution in [1.82, 2.24) is 0 Å². The Hall–Kier alpha value is -1.86. The van der Waals surface area contributed by atoms with Crippen molar-refractivity contribution in [3.05, 3.63) is 42.0 Å². The van der Waals surface area contributed by atoms with Crippen molar-refractivity contribution in [3.63, 3.8) is 0 Å². The van der Waals surface area contributed by atoms with Crippen LogP contribution in [0.25, 0.3) is 0 Å². The largest absolute Gasteiger partial charge is 0.466 e. The monoisotopic (exact) mass is 288 g/mol. The summed E-state index contributed by atoms with van der Waals surface area (Å²) in [5.41, 5.74) is 1.73. The topological polar surface area (TPSA) is 70.3 Å². The van der Waals surface area contributed by atoms with Gasteiger partial charge in [0.05, 0.1) is 24.8 Å². The van der Waals surface area contributed by atoms with Crippen LogP contribution in [0.2, 0.25) is 0 Å². The van der Waals surface area contributed by atoms with E-state index in [1.807, 2.05) is 12.1 Å². The van der Waals surface area contributed by atoms with Crippen LogP contribution in [-0.2, 0) is 16.0 Å². The van der Waals surface area contributed by atoms with Crippen LogP contribution in [0.1, 0.15) is 43.7 Å². The molecule has 1 aromatic rings. The Balaban J connectivity index is 2.31. The Kier molecular flexibility index (Phi) is 8.15. The molecule has 0 fully saturated rings. The Bertz CT molecular complexity index is 462. The minimum atomic E-state index is -0.158. The average Bonchev–Trinajstić information content (AvgIpc) is 2.51. The van der Waals surface area contributed by atoms with E-state index in [9.17, 15) is 9.90 Å². The normalized spacial score (nSPS) is 11.7. The van der Waals surface area contributed by atoms with Gasteiger partial charge in [0, 0.05) is 6.42 Å². The van der Waals surface area contributed by atoms with Crippen molar-refractivity contribution in [1.29, 1.82) is 5.26 Å². The molecule has 1 radical (unpaired) electrons. The molecular weight excluding hydrogens is 266 g/mol. The third-order valence-electron chi connectivity index (χ3n) is 3.30. The number of hydrogen-bond donors (Lipinski definition) is 1. The Morgan fingerprint density at radius 3 is 2.67 bits per heavy atom. The van der Waals surface area contributed by atoms with Crippen LogP contribution >= 0.6 is 0 Å². The fourth-order valence-corrected chi connectivity index (χ4v) is 2.16. The molecule has 0 bridgehead atoms. The summed E-state index contributed by atoms with van der Waals surface area (Å²) in [5, 5.41) is 18.1. The van der Waals surface area contributed by atoms with Crippen LogP contribution in [0, 0.1) is 23.9 Å². The van der Waals surface area contributed by atoms with Crippen LogP contribution in [0.4, 0.5) is 0 Å². The highest BCUT2D eigenvalue weighted by atomic mass is 16.5. The minimum Gasteiger partial charge on any atom is -0.466 e. The maximum atomic E-state index is 11.2. The number of nitrogens with zero attached hydrogens (tertiary/aromatic N) is 1. The second-order valence-corrected chi connectivity index (χ2v) is 4.97. The van der Waals surface area contributed by atoms with E-state index < -0.39 is 0 Å². The standard InChI is InChI=1S/C17H22NO3/c1-2-21-17(20)6-4-3-5-16(13-19)11-14-7-9-15(12-18)10-8-14/h7-10,13,16,19H,2-6,11H2,1H3. The summed E-state index contributed by atoms with van der Waals surface area (Å²) < 4.78 is 4.87. The maximum absolute atomic E-state index is 11.2. The van der Waals surface area contributed by atoms with E-state index in [-0.39, 0.29) is 11.9 Å². The molecule has 0 aromatic heterocycles. The molecule has 0 aliphatic heterocycles. The number of rotatable bonds is 9. The molecule has 1 atom stereocenters. The van der Waals surface area contributed by atoms with Gasteiger partial charge in [0.15, 0.2) is 0 Å². The van der Waals surface area contributed by atoms with Crippen LogP contribution < -0.4 is 0 Å². The fourth-order valence-electron chi connectivity index (χ4n) is 2.16. The van der Waals surface area contributed by atoms with E-state index in [0.29, 0.717) is 18.6 Å². The van der Waals surface area contributed by atoms with Gasteiger partial charge >= 0.3 is 5.97 Å². The molecule has 1 N–H and O–H groups in total. The summed E-state index contributed by atoms with van der Waals surface area (Å²) in [4.78, 5) is 11.2. The molecule has 0 spiro atoms. The van der Waals surface area contributed by atoms with Crippen LogP contribution in [0.15, 0.2) is 24.3 Å². The molecule has 1 aromatic carbocycles. The number of esters is 1. The molecule has 0 saturated heterocycles. The molecule has 0 amide bonds. The van der Waals surface area contributed by atoms with Crippen molar-refractivity contribution in [2.45, 2.75) is 39.0 Å². The van der Waals surface area contributed by atoms with E-state index in [0.717, 1.165) is 31.2 Å². The van der Waals surface area contributed by atoms with E-state index in [4.69, 9.17) is 10.00 Å². The van der Waals surface area contributed by atoms with Crippen molar-refractivity contribution in [2.24, 2.45) is 5.92 Å². The molecule has 0 saturated carbocycles. The third kappa shape index (κ3) is 6.92. The predicted molar refractivity (Wildman–Crippen MR) is 79.7 cm³/mol. The van der Waals surface area contributed by atoms with Gasteiger partial charge in [-0.25, -0.2) is 0 Å². The van der Waals surface area contributed by atoms with Crippen molar-refractivity contribution < 1.29 is 14.6 Å². The molecule has 0 heterocycles. The quantitative estimate of drug-likeness (QED) is 0.558. The number of ether oxygens (including phenoxy) is 1. The maximum Gasteiger partial charge on any atom is 0.305 e. The van der Waals surface area contributed by atoms with Gasteiger partial charge in [-0.1, -0.05) is 18.6 Å². The zero-order valence-electron chi connectivity index (χ0n) is 12.4. The van der Waals surface area contributed by atoms with Crippen LogP contribution in [0.3, 0.4) is 0 Å². The minimum absolute atomic E-state index is 0.0696. The van der Waals surface area contributed by atoms with Gasteiger partial charge in [-0.3, -0.25) is 4.79 Å². The van der Waals surface area contributed by atoms with Crippen molar-refractivity contribution in [3.8, 4) is 6.07 Å². The Morgan fingerprint density at radius 1 is 1.38 bits per heavy atom. The lowest BCUT2D eigenvalue weighted by molar-refractivity contribution is -0.143. The van der Waals surface area contributed by atoms with Gasteiger partial charge in [0.2, 0.25) is 0 Å². The average molecular weight is 288 g/mol. The number of aliphatic hydroxyl groups is 1. The lowest BCUT2D eigenvalue weighted by Crippen LogP contribution is -2.07. The highest BCUT2D eigenvalue weighted by Gasteiger charge is 2.10. The van der Waals surface area contributed by atoms with Gasteiger partial charge in [-0.05, 0) is 49.8 Å². The predicted octanol–water partition coefficient (Wildman–Crippen LogP) is 3.37. The zero-order chi connectivity index (χ0) is 15.5. The van der Waals surface area contributed by atoms with E-state index >= 15 is 0 Å². The molecule has 21 heavy (non-hydrogen) atoms. The van der Waals surface area contributed by atoms with Gasteiger partial charge < -0.3 is 9.84 Å². The first-order valence-electron chi connectivity index (χ1n) is 7.31. The Labute approximate surface area is 126 Å². The van der Waals surface area contributed by atoms with Crippen molar-refractivity contribution >= 4 is 5.97 Å². The molecule has 113 valence electrons. The molecule has 0 aliphatic carbocycles. The van der Waals surface area contributed by atoms with Gasteiger partial charge in [0.1, 0.15) is 0 Å². The SMILES string of the molecule is CCOC(=O)CCCCC([CH]O)Cc1ccc(C#N)cc1. The Morgan fingerprint density at radius 2 is 2.10 bits per heavy atom. The molecule has 1 rings (SSSR count). The smallest absolute Gasteiger partial charge is 0.305 e. The molecule has 4 heteroatoms. The van der Waals surface area contributed by atoms with E-state index in [1.54, 1.807) is 19.1 Å². The number of benzene rings is 1. The third-order valence-corrected chi connectivity index (χ3v) is 3.30. The molecular formula is C17H22NO3. The number of aliphatic hydroxyl groups excluding tert-OH is 1. The van der Waals surface area contributed by atoms with E-state index in [2.05, 4.69) is 6.07 Å². The van der Waals surface area contributed by atoms with Gasteiger partial charge in [0.25, 0.3) is 0 Å². The van der Waals surface area contributed by atoms with Gasteiger partial charge in [-0.15, -0.1) is 0 Å². The first kappa shape index (κ1) is 17.2. The summed E-state index contributed by atoms with van der Waals surface area (Å²) in [6.45, 7) is 3.44. The molecule has 0 aliphatic rings. The second kappa shape index (κ2) is 9.95. The van der Waals surface area contributed by atoms with Gasteiger partial charge in [-0.2, -0.15) is 5.26 Å². The molecule has 1 unspecified atom stereocenters. The first-order chi connectivity index (χ1) is 10.2. The summed E-state index contributed by atoms with van der Waals surface area (Å²) in [6.07, 6.45) is 3.65. The summed E-state index contributed by atoms with van der Waals surface area (Å²) in [5.74, 6) is -0.0887. The highest BCUT2D eigenvalue weighted by Crippen LogP contribution is 2.18. The number of carbonyl (C=O) groups excluding carboxylic acids is 1. The van der Waals surface area contributed by atoms with Crippen LogP contribution in [-0.4, -0.2) is 17.7 Å². The number of nitriles is 1. The number of carbonyl (C=O) groups is 1. The zero-order valence-corrected chi connectivity index (χ0v) is 12.4. The van der Waals surface area contributed by atoms with Crippen molar-refractivity contribution in [2.75, 3.05) is 6.61 Å². The number of hydrogen-bond acceptors (Lipinski definition) is 4. The second-order valence-electron chi connectivity index (χ2n) is 4.97. The highest BCUT2D eigenvalue weighted by molar-refractivity contribution is 5.69. The summed E-state index contributed by atoms with van der Waals surface area (Å²) >= 11 is 0. The summed E-state index contributed by atoms with van der Waals surface area (Å²) in [7, 11) is 0. The first-order valence-corrected chi connectivity index (χ1v) is 7.31. The molecule has 4 nitrogen and oxygen atoms in total. The lowest BCUT2D eigenvalue weighted by atomic mass is 9.94.